The molecule has 1 heterocycles. The molecule has 10 heteroatoms. The summed E-state index contributed by atoms with van der Waals surface area (Å²) in [5, 5.41) is 11.7. The van der Waals surface area contributed by atoms with Gasteiger partial charge >= 0.3 is 5.97 Å². The highest BCUT2D eigenvalue weighted by Gasteiger charge is 2.14. The van der Waals surface area contributed by atoms with E-state index in [0.717, 1.165) is 5.56 Å². The molecule has 0 aliphatic rings. The van der Waals surface area contributed by atoms with Crippen molar-refractivity contribution in [3.8, 4) is 11.5 Å². The topological polar surface area (TPSA) is 105 Å². The van der Waals surface area contributed by atoms with Gasteiger partial charge in [-0.25, -0.2) is 4.79 Å². The largest absolute Gasteiger partial charge is 0.493 e. The van der Waals surface area contributed by atoms with Crippen molar-refractivity contribution in [2.45, 2.75) is 18.7 Å². The van der Waals surface area contributed by atoms with Gasteiger partial charge in [-0.2, -0.15) is 0 Å². The number of aromatic nitrogens is 3. The number of carbonyl (C=O) groups excluding carboxylic acids is 2. The van der Waals surface area contributed by atoms with Crippen LogP contribution >= 0.6 is 11.8 Å². The van der Waals surface area contributed by atoms with Crippen molar-refractivity contribution in [1.82, 2.24) is 14.8 Å². The van der Waals surface area contributed by atoms with Crippen LogP contribution in [0.15, 0.2) is 47.6 Å². The highest BCUT2D eigenvalue weighted by molar-refractivity contribution is 7.99. The summed E-state index contributed by atoms with van der Waals surface area (Å²) in [5.41, 5.74) is 2.07. The molecule has 0 aliphatic carbocycles. The lowest BCUT2D eigenvalue weighted by molar-refractivity contribution is -0.113. The average molecular weight is 457 g/mol. The van der Waals surface area contributed by atoms with Gasteiger partial charge in [-0.15, -0.1) is 10.2 Å². The summed E-state index contributed by atoms with van der Waals surface area (Å²) in [7, 11) is 4.73. The maximum absolute atomic E-state index is 12.3. The first kappa shape index (κ1) is 23.1. The zero-order valence-electron chi connectivity index (χ0n) is 18.2. The van der Waals surface area contributed by atoms with Crippen molar-refractivity contribution >= 4 is 29.3 Å². The van der Waals surface area contributed by atoms with Crippen LogP contribution in [0.3, 0.4) is 0 Å². The quantitative estimate of drug-likeness (QED) is 0.387. The number of carbonyl (C=O) groups is 2. The fourth-order valence-electron chi connectivity index (χ4n) is 2.77. The van der Waals surface area contributed by atoms with Gasteiger partial charge in [-0.1, -0.05) is 17.8 Å². The molecule has 32 heavy (non-hydrogen) atoms. The second-order valence-corrected chi connectivity index (χ2v) is 7.75. The minimum atomic E-state index is -0.429. The first-order valence-corrected chi connectivity index (χ1v) is 10.7. The molecule has 1 N–H and O–H groups in total. The van der Waals surface area contributed by atoms with Crippen molar-refractivity contribution in [3.05, 3.63) is 59.4 Å². The number of nitrogens with zero attached hydrogens (tertiary/aromatic N) is 3. The Labute approximate surface area is 190 Å². The lowest BCUT2D eigenvalue weighted by atomic mass is 10.2. The third-order valence-electron chi connectivity index (χ3n) is 4.52. The van der Waals surface area contributed by atoms with E-state index in [9.17, 15) is 9.59 Å². The predicted molar refractivity (Wildman–Crippen MR) is 120 cm³/mol. The molecule has 0 spiro atoms. The van der Waals surface area contributed by atoms with Crippen LogP contribution in [0.1, 0.15) is 21.7 Å². The van der Waals surface area contributed by atoms with Gasteiger partial charge in [-0.05, 0) is 48.9 Å². The van der Waals surface area contributed by atoms with Gasteiger partial charge in [-0.3, -0.25) is 4.79 Å². The molecule has 0 radical (unpaired) electrons. The smallest absolute Gasteiger partial charge is 0.337 e. The summed E-state index contributed by atoms with van der Waals surface area (Å²) in [6.45, 7) is 2.19. The molecule has 0 saturated carbocycles. The lowest BCUT2D eigenvalue weighted by Crippen LogP contribution is -2.14. The Morgan fingerprint density at radius 2 is 1.81 bits per heavy atom. The van der Waals surface area contributed by atoms with E-state index in [0.29, 0.717) is 33.7 Å². The Balaban J connectivity index is 1.53. The summed E-state index contributed by atoms with van der Waals surface area (Å²) < 4.78 is 17.6. The fourth-order valence-corrected chi connectivity index (χ4v) is 3.50. The van der Waals surface area contributed by atoms with Crippen LogP contribution in [-0.2, 0) is 23.2 Å². The number of nitrogens with one attached hydrogen (secondary N) is 1. The summed E-state index contributed by atoms with van der Waals surface area (Å²) in [6, 6.07) is 12.2. The number of rotatable bonds is 9. The number of thioether (sulfide) groups is 1. The number of hydrogen-bond acceptors (Lipinski definition) is 8. The molecule has 0 saturated heterocycles. The Bertz CT molecular complexity index is 1100. The van der Waals surface area contributed by atoms with E-state index in [1.807, 2.05) is 32.2 Å². The second kappa shape index (κ2) is 10.7. The highest BCUT2D eigenvalue weighted by Crippen LogP contribution is 2.28. The SMILES string of the molecule is COC(=O)c1ccc(NC(=O)CSc2nnc(COc3ccc(C)cc3OC)n2C)cc1. The van der Waals surface area contributed by atoms with Crippen molar-refractivity contribution < 1.29 is 23.8 Å². The predicted octanol–water partition coefficient (Wildman–Crippen LogP) is 3.23. The lowest BCUT2D eigenvalue weighted by Gasteiger charge is -2.11. The molecule has 1 amide bonds. The molecule has 1 aromatic heterocycles. The van der Waals surface area contributed by atoms with Gasteiger partial charge in [0.25, 0.3) is 0 Å². The molecule has 0 fully saturated rings. The molecule has 9 nitrogen and oxygen atoms in total. The summed E-state index contributed by atoms with van der Waals surface area (Å²) in [5.74, 6) is 1.41. The fraction of sp³-hybridized carbons (Fsp3) is 0.273. The van der Waals surface area contributed by atoms with Crippen LogP contribution < -0.4 is 14.8 Å². The van der Waals surface area contributed by atoms with Gasteiger partial charge in [0.15, 0.2) is 22.5 Å². The highest BCUT2D eigenvalue weighted by atomic mass is 32.2. The summed E-state index contributed by atoms with van der Waals surface area (Å²) in [4.78, 5) is 23.7. The van der Waals surface area contributed by atoms with Gasteiger partial charge in [0, 0.05) is 12.7 Å². The van der Waals surface area contributed by atoms with Crippen LogP contribution in [0.4, 0.5) is 5.69 Å². The number of anilines is 1. The van der Waals surface area contributed by atoms with Crippen molar-refractivity contribution in [3.63, 3.8) is 0 Å². The number of hydrogen-bond donors (Lipinski definition) is 1. The van der Waals surface area contributed by atoms with Gasteiger partial charge in [0.05, 0.1) is 25.5 Å². The molecule has 3 aromatic rings. The van der Waals surface area contributed by atoms with Crippen molar-refractivity contribution in [2.75, 3.05) is 25.3 Å². The van der Waals surface area contributed by atoms with Crippen LogP contribution in [0, 0.1) is 6.92 Å². The number of aryl methyl sites for hydroxylation is 1. The zero-order valence-corrected chi connectivity index (χ0v) is 19.1. The van der Waals surface area contributed by atoms with Gasteiger partial charge in [0.2, 0.25) is 5.91 Å². The Morgan fingerprint density at radius 3 is 2.50 bits per heavy atom. The first-order valence-electron chi connectivity index (χ1n) is 9.68. The summed E-state index contributed by atoms with van der Waals surface area (Å²) >= 11 is 1.26. The Kier molecular flexibility index (Phi) is 7.72. The third-order valence-corrected chi connectivity index (χ3v) is 5.54. The van der Waals surface area contributed by atoms with Crippen LogP contribution in [0.25, 0.3) is 0 Å². The molecule has 0 atom stereocenters. The van der Waals surface area contributed by atoms with E-state index in [1.165, 1.54) is 18.9 Å². The van der Waals surface area contributed by atoms with Crippen LogP contribution in [-0.4, -0.2) is 46.6 Å². The second-order valence-electron chi connectivity index (χ2n) is 6.81. The monoisotopic (exact) mass is 456 g/mol. The maximum atomic E-state index is 12.3. The van der Waals surface area contributed by atoms with Crippen LogP contribution in [0.2, 0.25) is 0 Å². The van der Waals surface area contributed by atoms with Gasteiger partial charge in [0.1, 0.15) is 6.61 Å². The van der Waals surface area contributed by atoms with E-state index in [4.69, 9.17) is 9.47 Å². The molecule has 2 aromatic carbocycles. The number of amides is 1. The molecule has 0 unspecified atom stereocenters. The molecular formula is C22H24N4O5S. The number of methoxy groups -OCH3 is 2. The Morgan fingerprint density at radius 1 is 1.06 bits per heavy atom. The number of benzene rings is 2. The average Bonchev–Trinajstić information content (AvgIpc) is 3.16. The zero-order chi connectivity index (χ0) is 23.1. The molecule has 3 rings (SSSR count). The first-order chi connectivity index (χ1) is 15.4. The normalized spacial score (nSPS) is 10.5. The van der Waals surface area contributed by atoms with Gasteiger partial charge < -0.3 is 24.1 Å². The maximum Gasteiger partial charge on any atom is 0.337 e. The molecule has 0 bridgehead atoms. The van der Waals surface area contributed by atoms with E-state index < -0.39 is 5.97 Å². The number of ether oxygens (including phenoxy) is 3. The van der Waals surface area contributed by atoms with E-state index >= 15 is 0 Å². The minimum Gasteiger partial charge on any atom is -0.493 e. The van der Waals surface area contributed by atoms with Crippen molar-refractivity contribution in [1.29, 1.82) is 0 Å². The van der Waals surface area contributed by atoms with E-state index in [1.54, 1.807) is 35.9 Å². The minimum absolute atomic E-state index is 0.150. The van der Waals surface area contributed by atoms with E-state index in [2.05, 4.69) is 20.3 Å². The number of esters is 1. The molecule has 0 aliphatic heterocycles. The van der Waals surface area contributed by atoms with Crippen molar-refractivity contribution in [2.24, 2.45) is 7.05 Å². The molecule has 168 valence electrons. The van der Waals surface area contributed by atoms with Crippen LogP contribution in [0.5, 0.6) is 11.5 Å². The summed E-state index contributed by atoms with van der Waals surface area (Å²) in [6.07, 6.45) is 0. The third kappa shape index (κ3) is 5.79. The standard InChI is InChI=1S/C22H24N4O5S/c1-14-5-10-17(18(11-14)29-3)31-12-19-24-25-22(26(19)2)32-13-20(27)23-16-8-6-15(7-9-16)21(28)30-4/h5-11H,12-13H2,1-4H3,(H,23,27). The molecular weight excluding hydrogens is 432 g/mol. The Hall–Kier alpha value is -3.53. The van der Waals surface area contributed by atoms with E-state index in [-0.39, 0.29) is 18.3 Å².